The first-order chi connectivity index (χ1) is 17.2. The van der Waals surface area contributed by atoms with Gasteiger partial charge in [-0.2, -0.15) is 5.26 Å². The van der Waals surface area contributed by atoms with E-state index in [1.54, 1.807) is 18.2 Å². The van der Waals surface area contributed by atoms with Gasteiger partial charge in [0.1, 0.15) is 17.4 Å². The van der Waals surface area contributed by atoms with Crippen LogP contribution in [0.25, 0.3) is 6.08 Å². The van der Waals surface area contributed by atoms with Crippen molar-refractivity contribution in [2.75, 3.05) is 17.2 Å². The maximum Gasteiger partial charge on any atom is 0.271 e. The highest BCUT2D eigenvalue weighted by Crippen LogP contribution is 2.35. The molecule has 0 spiro atoms. The molecule has 0 heterocycles. The number of nitrogens with zero attached hydrogens (tertiary/aromatic N) is 2. The number of non-ortho nitro benzene ring substituents is 1. The zero-order chi connectivity index (χ0) is 26.2. The number of carbonyl (C=O) groups excluding carboxylic acids is 2. The standard InChI is InChI=1S/C25H18Br2N4O5/c1-15-4-2-5-18(8-15)29-23(32)14-36-24-21(26)10-16(11-22(24)27)9-17(13-28)25(33)30-19-6-3-7-20(12-19)31(34)35/h2-12H,14H2,1H3,(H,29,32)(H,30,33)/b17-9-. The zero-order valence-electron chi connectivity index (χ0n) is 18.7. The van der Waals surface area contributed by atoms with Gasteiger partial charge in [-0.1, -0.05) is 18.2 Å². The Morgan fingerprint density at radius 1 is 1.06 bits per heavy atom. The van der Waals surface area contributed by atoms with E-state index >= 15 is 0 Å². The Morgan fingerprint density at radius 2 is 1.69 bits per heavy atom. The minimum Gasteiger partial charge on any atom is -0.481 e. The monoisotopic (exact) mass is 612 g/mol. The number of ether oxygens (including phenoxy) is 1. The summed E-state index contributed by atoms with van der Waals surface area (Å²) in [5.74, 6) is -0.697. The molecule has 11 heteroatoms. The topological polar surface area (TPSA) is 134 Å². The van der Waals surface area contributed by atoms with E-state index < -0.39 is 10.8 Å². The first-order valence-electron chi connectivity index (χ1n) is 10.3. The Kier molecular flexibility index (Phi) is 8.94. The Hall–Kier alpha value is -4.01. The lowest BCUT2D eigenvalue weighted by atomic mass is 10.1. The quantitative estimate of drug-likeness (QED) is 0.139. The van der Waals surface area contributed by atoms with Gasteiger partial charge in [-0.05, 0) is 86.3 Å². The number of nitro groups is 1. The SMILES string of the molecule is Cc1cccc(NC(=O)COc2c(Br)cc(/C=C(/C#N)C(=O)Nc3cccc([N+](=O)[O-])c3)cc2Br)c1. The van der Waals surface area contributed by atoms with Crippen molar-refractivity contribution in [2.24, 2.45) is 0 Å². The number of hydrogen-bond acceptors (Lipinski definition) is 6. The zero-order valence-corrected chi connectivity index (χ0v) is 21.9. The van der Waals surface area contributed by atoms with Crippen LogP contribution in [0.5, 0.6) is 5.75 Å². The Balaban J connectivity index is 1.70. The highest BCUT2D eigenvalue weighted by atomic mass is 79.9. The van der Waals surface area contributed by atoms with Gasteiger partial charge in [-0.15, -0.1) is 0 Å². The second kappa shape index (κ2) is 12.1. The summed E-state index contributed by atoms with van der Waals surface area (Å²) in [6.07, 6.45) is 1.36. The van der Waals surface area contributed by atoms with Crippen molar-refractivity contribution in [1.29, 1.82) is 5.26 Å². The fourth-order valence-electron chi connectivity index (χ4n) is 3.07. The maximum absolute atomic E-state index is 12.6. The second-order valence-electron chi connectivity index (χ2n) is 7.45. The van der Waals surface area contributed by atoms with Crippen molar-refractivity contribution < 1.29 is 19.2 Å². The largest absolute Gasteiger partial charge is 0.481 e. The van der Waals surface area contributed by atoms with Crippen molar-refractivity contribution in [3.8, 4) is 11.8 Å². The van der Waals surface area contributed by atoms with Crippen molar-refractivity contribution >= 4 is 66.8 Å². The van der Waals surface area contributed by atoms with Crippen LogP contribution in [0.4, 0.5) is 17.1 Å². The highest BCUT2D eigenvalue weighted by molar-refractivity contribution is 9.11. The fourth-order valence-corrected chi connectivity index (χ4v) is 4.52. The predicted molar refractivity (Wildman–Crippen MR) is 142 cm³/mol. The third-order valence-electron chi connectivity index (χ3n) is 4.66. The molecular formula is C25H18Br2N4O5. The van der Waals surface area contributed by atoms with Crippen LogP contribution in [0.1, 0.15) is 11.1 Å². The van der Waals surface area contributed by atoms with Gasteiger partial charge < -0.3 is 15.4 Å². The van der Waals surface area contributed by atoms with Gasteiger partial charge >= 0.3 is 0 Å². The predicted octanol–water partition coefficient (Wildman–Crippen LogP) is 5.99. The van der Waals surface area contributed by atoms with E-state index in [-0.39, 0.29) is 29.5 Å². The Morgan fingerprint density at radius 3 is 2.31 bits per heavy atom. The van der Waals surface area contributed by atoms with Gasteiger partial charge in [-0.3, -0.25) is 19.7 Å². The van der Waals surface area contributed by atoms with Gasteiger partial charge in [0.05, 0.1) is 13.9 Å². The van der Waals surface area contributed by atoms with Crippen LogP contribution >= 0.6 is 31.9 Å². The second-order valence-corrected chi connectivity index (χ2v) is 9.16. The lowest BCUT2D eigenvalue weighted by Crippen LogP contribution is -2.20. The third-order valence-corrected chi connectivity index (χ3v) is 5.84. The van der Waals surface area contributed by atoms with Crippen molar-refractivity contribution in [3.05, 3.63) is 96.4 Å². The molecular weight excluding hydrogens is 596 g/mol. The summed E-state index contributed by atoms with van der Waals surface area (Å²) in [6.45, 7) is 1.68. The molecule has 0 atom stereocenters. The number of benzene rings is 3. The summed E-state index contributed by atoms with van der Waals surface area (Å²) in [5.41, 5.74) is 1.95. The smallest absolute Gasteiger partial charge is 0.271 e. The molecule has 3 rings (SSSR count). The summed E-state index contributed by atoms with van der Waals surface area (Å²) in [7, 11) is 0. The van der Waals surface area contributed by atoms with Crippen LogP contribution < -0.4 is 15.4 Å². The lowest BCUT2D eigenvalue weighted by molar-refractivity contribution is -0.384. The Labute approximate surface area is 223 Å². The number of carbonyl (C=O) groups is 2. The molecule has 0 saturated heterocycles. The van der Waals surface area contributed by atoms with Crippen LogP contribution in [0.15, 0.2) is 75.2 Å². The number of amides is 2. The van der Waals surface area contributed by atoms with Gasteiger partial charge in [0, 0.05) is 23.5 Å². The number of aryl methyl sites for hydroxylation is 1. The van der Waals surface area contributed by atoms with E-state index in [1.165, 1.54) is 30.3 Å². The molecule has 9 nitrogen and oxygen atoms in total. The maximum atomic E-state index is 12.6. The lowest BCUT2D eigenvalue weighted by Gasteiger charge is -2.12. The number of hydrogen-bond donors (Lipinski definition) is 2. The van der Waals surface area contributed by atoms with Crippen LogP contribution in [-0.2, 0) is 9.59 Å². The molecule has 0 radical (unpaired) electrons. The van der Waals surface area contributed by atoms with Crippen molar-refractivity contribution in [3.63, 3.8) is 0 Å². The summed E-state index contributed by atoms with van der Waals surface area (Å²) in [6, 6.07) is 17.8. The molecule has 2 amide bonds. The minimum absolute atomic E-state index is 0.186. The molecule has 0 aromatic heterocycles. The molecule has 3 aromatic rings. The van der Waals surface area contributed by atoms with Gasteiger partial charge in [-0.25, -0.2) is 0 Å². The number of anilines is 2. The van der Waals surface area contributed by atoms with Crippen molar-refractivity contribution in [2.45, 2.75) is 6.92 Å². The number of nitro benzene ring substituents is 1. The molecule has 36 heavy (non-hydrogen) atoms. The summed E-state index contributed by atoms with van der Waals surface area (Å²) >= 11 is 6.77. The molecule has 0 aliphatic heterocycles. The molecule has 0 saturated carbocycles. The fraction of sp³-hybridized carbons (Fsp3) is 0.0800. The molecule has 0 unspecified atom stereocenters. The number of nitriles is 1. The van der Waals surface area contributed by atoms with Gasteiger partial charge in [0.2, 0.25) is 0 Å². The highest BCUT2D eigenvalue weighted by Gasteiger charge is 2.15. The molecule has 0 fully saturated rings. The first kappa shape index (κ1) is 26.6. The summed E-state index contributed by atoms with van der Waals surface area (Å²) in [4.78, 5) is 35.2. The van der Waals surface area contributed by atoms with E-state index in [0.717, 1.165) is 5.56 Å². The molecule has 0 bridgehead atoms. The Bertz CT molecular complexity index is 1390. The molecule has 3 aromatic carbocycles. The van der Waals surface area contributed by atoms with Crippen LogP contribution in [0, 0.1) is 28.4 Å². The average Bonchev–Trinajstić information content (AvgIpc) is 2.82. The molecule has 182 valence electrons. The molecule has 0 aliphatic rings. The normalized spacial score (nSPS) is 10.8. The van der Waals surface area contributed by atoms with Crippen LogP contribution in [-0.4, -0.2) is 23.3 Å². The van der Waals surface area contributed by atoms with Crippen LogP contribution in [0.3, 0.4) is 0 Å². The van der Waals surface area contributed by atoms with E-state index in [4.69, 9.17) is 4.74 Å². The van der Waals surface area contributed by atoms with E-state index in [2.05, 4.69) is 42.5 Å². The minimum atomic E-state index is -0.724. The van der Waals surface area contributed by atoms with E-state index in [9.17, 15) is 25.0 Å². The summed E-state index contributed by atoms with van der Waals surface area (Å²) < 4.78 is 6.63. The van der Waals surface area contributed by atoms with Gasteiger partial charge in [0.25, 0.3) is 17.5 Å². The number of halogens is 2. The molecule has 2 N–H and O–H groups in total. The van der Waals surface area contributed by atoms with Crippen LogP contribution in [0.2, 0.25) is 0 Å². The van der Waals surface area contributed by atoms with E-state index in [1.807, 2.05) is 31.2 Å². The summed E-state index contributed by atoms with van der Waals surface area (Å²) in [5, 5.41) is 25.6. The van der Waals surface area contributed by atoms with E-state index in [0.29, 0.717) is 25.9 Å². The first-order valence-corrected chi connectivity index (χ1v) is 11.9. The van der Waals surface area contributed by atoms with Gasteiger partial charge in [0.15, 0.2) is 6.61 Å². The van der Waals surface area contributed by atoms with Crippen molar-refractivity contribution in [1.82, 2.24) is 0 Å². The number of rotatable bonds is 8. The average molecular weight is 614 g/mol. The molecule has 0 aliphatic carbocycles. The third kappa shape index (κ3) is 7.24. The number of nitrogens with one attached hydrogen (secondary N) is 2.